The molecule has 0 amide bonds. The van der Waals surface area contributed by atoms with Crippen molar-refractivity contribution in [2.24, 2.45) is 35.3 Å². The molecule has 4 aromatic rings. The first-order valence-corrected chi connectivity index (χ1v) is 26.4. The predicted octanol–water partition coefficient (Wildman–Crippen LogP) is 12.2. The van der Waals surface area contributed by atoms with Crippen LogP contribution in [-0.4, -0.2) is 70.6 Å². The van der Waals surface area contributed by atoms with Crippen LogP contribution in [0.15, 0.2) is 109 Å². The molecule has 0 spiro atoms. The molecule has 2 N–H and O–H groups in total. The summed E-state index contributed by atoms with van der Waals surface area (Å²) in [6, 6.07) is 32.6. The lowest BCUT2D eigenvalue weighted by Crippen LogP contribution is -2.41. The first-order valence-electron chi connectivity index (χ1n) is 26.0. The maximum Gasteiger partial charge on any atom is 0.310 e. The number of Topliss-reactive ketones (excluding diaryl/α,β-unsaturated/α-hetero) is 4. The molecule has 7 atom stereocenters. The van der Waals surface area contributed by atoms with Crippen molar-refractivity contribution in [3.8, 4) is 0 Å². The number of carbonyl (C=O) groups excluding carboxylic acids is 6. The third-order valence-electron chi connectivity index (χ3n) is 12.7. The van der Waals surface area contributed by atoms with E-state index in [9.17, 15) is 24.0 Å². The molecule has 4 rings (SSSR count). The molecule has 0 heterocycles. The van der Waals surface area contributed by atoms with E-state index in [1.54, 1.807) is 39.8 Å². The zero-order valence-corrected chi connectivity index (χ0v) is 46.9. The summed E-state index contributed by atoms with van der Waals surface area (Å²) >= 11 is 7.00. The Labute approximate surface area is 446 Å². The highest BCUT2D eigenvalue weighted by Crippen LogP contribution is 2.45. The first-order chi connectivity index (χ1) is 34.5. The Morgan fingerprint density at radius 3 is 1.64 bits per heavy atom. The zero-order valence-electron chi connectivity index (χ0n) is 46.1. The van der Waals surface area contributed by atoms with Crippen molar-refractivity contribution in [3.05, 3.63) is 142 Å². The molecule has 0 saturated heterocycles. The van der Waals surface area contributed by atoms with E-state index in [-0.39, 0.29) is 50.4 Å². The van der Waals surface area contributed by atoms with Crippen LogP contribution in [-0.2, 0) is 59.7 Å². The van der Waals surface area contributed by atoms with Crippen LogP contribution in [0.1, 0.15) is 149 Å². The van der Waals surface area contributed by atoms with Crippen LogP contribution in [0.2, 0.25) is 5.02 Å². The van der Waals surface area contributed by atoms with Crippen molar-refractivity contribution < 1.29 is 47.7 Å². The van der Waals surface area contributed by atoms with Crippen molar-refractivity contribution in [2.45, 2.75) is 170 Å². The molecule has 11 nitrogen and oxygen atoms in total. The average Bonchev–Trinajstić information content (AvgIpc) is 3.30. The molecule has 0 fully saturated rings. The molecule has 0 aromatic heterocycles. The van der Waals surface area contributed by atoms with Gasteiger partial charge in [0.2, 0.25) is 0 Å². The summed E-state index contributed by atoms with van der Waals surface area (Å²) in [5.41, 5.74) is 6.25. The average molecular weight is 1040 g/mol. The molecule has 7 unspecified atom stereocenters. The second-order valence-corrected chi connectivity index (χ2v) is 23.7. The minimum Gasteiger partial charge on any atom is -0.460 e. The minimum atomic E-state index is -1.55. The number of benzene rings is 4. The highest BCUT2D eigenvalue weighted by Gasteiger charge is 2.45. The Hall–Kier alpha value is -5.33. The van der Waals surface area contributed by atoms with Gasteiger partial charge in [-0.3, -0.25) is 28.8 Å². The zero-order chi connectivity index (χ0) is 55.2. The van der Waals surface area contributed by atoms with Crippen molar-refractivity contribution in [1.29, 1.82) is 0 Å². The molecule has 4 aromatic carbocycles. The second kappa shape index (κ2) is 26.9. The van der Waals surface area contributed by atoms with Gasteiger partial charge in [-0.15, -0.1) is 0 Å². The molecule has 12 heteroatoms. The lowest BCUT2D eigenvalue weighted by molar-refractivity contribution is -0.161. The van der Waals surface area contributed by atoms with E-state index in [4.69, 9.17) is 36.3 Å². The molecular weight excluding hydrogens is 954 g/mol. The Morgan fingerprint density at radius 2 is 1.08 bits per heavy atom. The van der Waals surface area contributed by atoms with Gasteiger partial charge in [0, 0.05) is 59.2 Å². The highest BCUT2D eigenvalue weighted by atomic mass is 35.5. The predicted molar refractivity (Wildman–Crippen MR) is 292 cm³/mol. The van der Waals surface area contributed by atoms with Gasteiger partial charge in [0.15, 0.2) is 11.4 Å². The van der Waals surface area contributed by atoms with Gasteiger partial charge in [-0.1, -0.05) is 134 Å². The van der Waals surface area contributed by atoms with E-state index < -0.39 is 100 Å². The standard InChI is InChI=1S/C62H82ClNO10/c1-40(2)32-45(58(70)74-62(47-24-18-15-19-25-47,48-30-28-41(3)29-31-48)50-26-20-21-27-51(50)63)35-53(65)44(37-57(69)73-61(11,12)13)34-54(66)46(39-71-59(5,6)7)36-55(67)49(42(4)72-60(8,9)10)38-56(68)52(64)33-43-22-16-14-17-23-43/h14-31,40,42,44-46,49,52H,32-39,64H2,1-13H3. The Bertz CT molecular complexity index is 2490. The molecule has 402 valence electrons. The summed E-state index contributed by atoms with van der Waals surface area (Å²) in [5.74, 6) is -7.52. The molecule has 74 heavy (non-hydrogen) atoms. The summed E-state index contributed by atoms with van der Waals surface area (Å²) < 4.78 is 25.0. The summed E-state index contributed by atoms with van der Waals surface area (Å²) in [4.78, 5) is 87.2. The van der Waals surface area contributed by atoms with Gasteiger partial charge in [0.05, 0.1) is 48.2 Å². The SMILES string of the molecule is Cc1ccc(C(OC(=O)C(CC(=O)C(CC(=O)OC(C)(C)C)CC(=O)C(COC(C)(C)C)CC(=O)C(CC(=O)C(N)Cc2ccccc2)C(C)OC(C)(C)C)CC(C)C)(c2ccccc2)c2ccccc2Cl)cc1. The Morgan fingerprint density at radius 1 is 0.554 bits per heavy atom. The fourth-order valence-electron chi connectivity index (χ4n) is 9.17. The number of aryl methyl sites for hydroxylation is 1. The first kappa shape index (κ1) is 61.2. The van der Waals surface area contributed by atoms with Gasteiger partial charge in [-0.2, -0.15) is 0 Å². The molecule has 0 aliphatic rings. The summed E-state index contributed by atoms with van der Waals surface area (Å²) in [6.07, 6.45) is -2.06. The largest absolute Gasteiger partial charge is 0.460 e. The number of hydrogen-bond acceptors (Lipinski definition) is 11. The number of hydrogen-bond donors (Lipinski definition) is 1. The third-order valence-corrected chi connectivity index (χ3v) is 13.0. The number of esters is 2. The van der Waals surface area contributed by atoms with Crippen molar-refractivity contribution in [2.75, 3.05) is 6.61 Å². The van der Waals surface area contributed by atoms with Gasteiger partial charge < -0.3 is 24.7 Å². The summed E-state index contributed by atoms with van der Waals surface area (Å²) in [6.45, 7) is 23.5. The van der Waals surface area contributed by atoms with Crippen LogP contribution < -0.4 is 5.73 Å². The molecular formula is C62H82ClNO10. The van der Waals surface area contributed by atoms with Crippen LogP contribution in [0.25, 0.3) is 0 Å². The smallest absolute Gasteiger partial charge is 0.310 e. The van der Waals surface area contributed by atoms with Crippen molar-refractivity contribution >= 4 is 46.7 Å². The quantitative estimate of drug-likeness (QED) is 0.0446. The van der Waals surface area contributed by atoms with E-state index >= 15 is 4.79 Å². The maximum atomic E-state index is 15.1. The van der Waals surface area contributed by atoms with E-state index in [0.717, 1.165) is 11.1 Å². The molecule has 0 bridgehead atoms. The van der Waals surface area contributed by atoms with Crippen LogP contribution in [0.5, 0.6) is 0 Å². The van der Waals surface area contributed by atoms with Gasteiger partial charge >= 0.3 is 11.9 Å². The van der Waals surface area contributed by atoms with Gasteiger partial charge in [-0.25, -0.2) is 0 Å². The highest BCUT2D eigenvalue weighted by molar-refractivity contribution is 6.31. The number of ketones is 4. The fraction of sp³-hybridized carbons (Fsp3) is 0.516. The van der Waals surface area contributed by atoms with E-state index in [1.807, 2.05) is 159 Å². The van der Waals surface area contributed by atoms with E-state index in [2.05, 4.69) is 0 Å². The third kappa shape index (κ3) is 19.1. The lowest BCUT2D eigenvalue weighted by atomic mass is 9.79. The van der Waals surface area contributed by atoms with Crippen LogP contribution in [0.3, 0.4) is 0 Å². The van der Waals surface area contributed by atoms with E-state index in [1.165, 1.54) is 0 Å². The molecule has 0 aliphatic heterocycles. The second-order valence-electron chi connectivity index (χ2n) is 23.3. The number of ether oxygens (including phenoxy) is 4. The van der Waals surface area contributed by atoms with Crippen molar-refractivity contribution in [3.63, 3.8) is 0 Å². The van der Waals surface area contributed by atoms with Crippen LogP contribution >= 0.6 is 11.6 Å². The number of nitrogens with two attached hydrogens (primary N) is 1. The van der Waals surface area contributed by atoms with E-state index in [0.29, 0.717) is 21.7 Å². The van der Waals surface area contributed by atoms with Gasteiger partial charge in [0.1, 0.15) is 23.0 Å². The lowest BCUT2D eigenvalue weighted by Gasteiger charge is -2.37. The molecule has 0 saturated carbocycles. The summed E-state index contributed by atoms with van der Waals surface area (Å²) in [7, 11) is 0. The molecule has 0 aliphatic carbocycles. The fourth-order valence-corrected chi connectivity index (χ4v) is 9.44. The monoisotopic (exact) mass is 1040 g/mol. The van der Waals surface area contributed by atoms with Gasteiger partial charge in [-0.05, 0) is 107 Å². The maximum absolute atomic E-state index is 15.1. The number of halogens is 1. The van der Waals surface area contributed by atoms with Crippen LogP contribution in [0, 0.1) is 36.5 Å². The van der Waals surface area contributed by atoms with Crippen molar-refractivity contribution in [1.82, 2.24) is 0 Å². The summed E-state index contributed by atoms with van der Waals surface area (Å²) in [5, 5.41) is 0.362. The van der Waals surface area contributed by atoms with Crippen LogP contribution in [0.4, 0.5) is 0 Å². The Balaban J connectivity index is 1.74. The number of rotatable bonds is 27. The number of carbonyl (C=O) groups is 6. The van der Waals surface area contributed by atoms with Gasteiger partial charge in [0.25, 0.3) is 0 Å². The molecule has 0 radical (unpaired) electrons. The minimum absolute atomic E-state index is 0.0839. The Kier molecular flexibility index (Phi) is 22.3. The topological polar surface area (TPSA) is 165 Å². The normalized spacial score (nSPS) is 15.5.